The molecule has 9 aromatic carbocycles. The fourth-order valence-electron chi connectivity index (χ4n) is 8.54. The molecule has 296 valence electrons. The summed E-state index contributed by atoms with van der Waals surface area (Å²) in [6, 6.07) is 87.2. The third kappa shape index (κ3) is 8.28. The lowest BCUT2D eigenvalue weighted by atomic mass is 9.95. The number of hydrogen-bond acceptors (Lipinski definition) is 2. The molecule has 0 bridgehead atoms. The van der Waals surface area contributed by atoms with Crippen molar-refractivity contribution >= 4 is 34.0 Å². The van der Waals surface area contributed by atoms with Crippen LogP contribution in [0.15, 0.2) is 261 Å². The van der Waals surface area contributed by atoms with Gasteiger partial charge >= 0.3 is 0 Å². The Morgan fingerprint density at radius 3 is 0.742 bits per heavy atom. The van der Waals surface area contributed by atoms with Crippen LogP contribution in [0, 0.1) is 0 Å². The molecule has 0 saturated heterocycles. The normalized spacial score (nSPS) is 12.3. The van der Waals surface area contributed by atoms with E-state index in [-0.39, 0.29) is 0 Å². The lowest BCUT2D eigenvalue weighted by Gasteiger charge is -2.30. The second-order valence-electron chi connectivity index (χ2n) is 15.7. The van der Waals surface area contributed by atoms with Crippen LogP contribution in [0.2, 0.25) is 0 Å². The Morgan fingerprint density at radius 1 is 0.210 bits per heavy atom. The van der Waals surface area contributed by atoms with Gasteiger partial charge in [0.2, 0.25) is 0 Å². The molecule has 0 radical (unpaired) electrons. The summed E-state index contributed by atoms with van der Waals surface area (Å²) >= 11 is 0. The summed E-state index contributed by atoms with van der Waals surface area (Å²) < 4.78 is 0. The van der Waals surface area contributed by atoms with Gasteiger partial charge in [-0.2, -0.15) is 0 Å². The number of anilines is 5. The molecule has 0 heterocycles. The molecule has 0 fully saturated rings. The Bertz CT molecular complexity index is 2840. The molecule has 2 heteroatoms. The van der Waals surface area contributed by atoms with Crippen LogP contribution in [0.3, 0.4) is 0 Å². The van der Waals surface area contributed by atoms with Gasteiger partial charge in [0.05, 0.1) is 0 Å². The fraction of sp³-hybridized carbons (Fsp3) is 0.0333. The minimum atomic E-state index is 0.949. The van der Waals surface area contributed by atoms with Crippen LogP contribution in [-0.2, 0) is 0 Å². The van der Waals surface area contributed by atoms with E-state index in [0.29, 0.717) is 0 Å². The molecular formula is C60H46N2. The first-order valence-corrected chi connectivity index (χ1v) is 21.5. The van der Waals surface area contributed by atoms with E-state index >= 15 is 0 Å². The van der Waals surface area contributed by atoms with Crippen LogP contribution in [0.5, 0.6) is 0 Å². The van der Waals surface area contributed by atoms with Crippen molar-refractivity contribution < 1.29 is 0 Å². The third-order valence-corrected chi connectivity index (χ3v) is 11.8. The Labute approximate surface area is 365 Å². The number of allylic oxidation sites excluding steroid dienone is 4. The molecule has 0 N–H and O–H groups in total. The summed E-state index contributed by atoms with van der Waals surface area (Å²) in [6.45, 7) is 0. The first-order valence-electron chi connectivity index (χ1n) is 21.5. The van der Waals surface area contributed by atoms with Crippen molar-refractivity contribution in [2.75, 3.05) is 9.80 Å². The third-order valence-electron chi connectivity index (χ3n) is 11.8. The van der Waals surface area contributed by atoms with Crippen LogP contribution in [0.4, 0.5) is 28.4 Å². The van der Waals surface area contributed by atoms with E-state index in [4.69, 9.17) is 0 Å². The molecule has 0 aromatic heterocycles. The summed E-state index contributed by atoms with van der Waals surface area (Å²) in [5.41, 5.74) is 19.1. The molecule has 0 atom stereocenters. The lowest BCUT2D eigenvalue weighted by Crippen LogP contribution is -2.17. The van der Waals surface area contributed by atoms with Crippen molar-refractivity contribution in [2.45, 2.75) is 12.8 Å². The highest BCUT2D eigenvalue weighted by Gasteiger charge is 2.19. The van der Waals surface area contributed by atoms with Crippen molar-refractivity contribution in [1.29, 1.82) is 0 Å². The molecule has 9 aromatic rings. The summed E-state index contributed by atoms with van der Waals surface area (Å²) in [5, 5.41) is 0. The maximum absolute atomic E-state index is 2.42. The highest BCUT2D eigenvalue weighted by Crippen LogP contribution is 2.40. The second-order valence-corrected chi connectivity index (χ2v) is 15.7. The van der Waals surface area contributed by atoms with Crippen LogP contribution in [0.25, 0.3) is 50.1 Å². The van der Waals surface area contributed by atoms with Crippen molar-refractivity contribution in [3.8, 4) is 44.5 Å². The zero-order chi connectivity index (χ0) is 41.5. The molecule has 62 heavy (non-hydrogen) atoms. The van der Waals surface area contributed by atoms with Gasteiger partial charge in [-0.05, 0) is 135 Å². The molecule has 0 amide bonds. The summed E-state index contributed by atoms with van der Waals surface area (Å²) in [7, 11) is 0. The van der Waals surface area contributed by atoms with E-state index in [2.05, 4.69) is 265 Å². The van der Waals surface area contributed by atoms with E-state index in [1.807, 2.05) is 0 Å². The van der Waals surface area contributed by atoms with Crippen LogP contribution < -0.4 is 9.80 Å². The van der Waals surface area contributed by atoms with Crippen LogP contribution >= 0.6 is 0 Å². The van der Waals surface area contributed by atoms with Gasteiger partial charge < -0.3 is 9.80 Å². The van der Waals surface area contributed by atoms with Crippen molar-refractivity contribution in [3.05, 3.63) is 266 Å². The second kappa shape index (κ2) is 17.7. The van der Waals surface area contributed by atoms with Gasteiger partial charge in [-0.1, -0.05) is 188 Å². The minimum absolute atomic E-state index is 0.949. The van der Waals surface area contributed by atoms with E-state index in [9.17, 15) is 0 Å². The molecule has 0 saturated carbocycles. The zero-order valence-corrected chi connectivity index (χ0v) is 34.6. The topological polar surface area (TPSA) is 6.48 Å². The maximum Gasteiger partial charge on any atom is 0.0462 e. The first-order chi connectivity index (χ1) is 30.7. The Balaban J connectivity index is 0.956. The summed E-state index contributed by atoms with van der Waals surface area (Å²) in [4.78, 5) is 4.76. The predicted molar refractivity (Wildman–Crippen MR) is 263 cm³/mol. The van der Waals surface area contributed by atoms with Gasteiger partial charge in [-0.15, -0.1) is 0 Å². The van der Waals surface area contributed by atoms with Gasteiger partial charge in [0, 0.05) is 34.1 Å². The van der Waals surface area contributed by atoms with Gasteiger partial charge in [0.1, 0.15) is 0 Å². The van der Waals surface area contributed by atoms with Crippen molar-refractivity contribution in [3.63, 3.8) is 0 Å². The van der Waals surface area contributed by atoms with E-state index in [1.165, 1.54) is 61.3 Å². The van der Waals surface area contributed by atoms with E-state index in [0.717, 1.165) is 41.3 Å². The minimum Gasteiger partial charge on any atom is -0.314 e. The smallest absolute Gasteiger partial charge is 0.0462 e. The lowest BCUT2D eigenvalue weighted by molar-refractivity contribution is 0.930. The summed E-state index contributed by atoms with van der Waals surface area (Å²) in [6.07, 6.45) is 6.54. The number of nitrogens with zero attached hydrogens (tertiary/aromatic N) is 2. The van der Waals surface area contributed by atoms with Crippen molar-refractivity contribution in [2.24, 2.45) is 0 Å². The molecule has 1 aliphatic carbocycles. The van der Waals surface area contributed by atoms with Gasteiger partial charge in [-0.25, -0.2) is 0 Å². The Morgan fingerprint density at radius 2 is 0.468 bits per heavy atom. The molecule has 0 aliphatic heterocycles. The molecule has 0 unspecified atom stereocenters. The number of benzene rings is 9. The molecule has 10 rings (SSSR count). The fourth-order valence-corrected chi connectivity index (χ4v) is 8.54. The quantitative estimate of drug-likeness (QED) is 0.129. The molecule has 2 nitrogen and oxygen atoms in total. The highest BCUT2D eigenvalue weighted by molar-refractivity contribution is 5.82. The zero-order valence-electron chi connectivity index (χ0n) is 34.6. The van der Waals surface area contributed by atoms with Crippen LogP contribution in [-0.4, -0.2) is 0 Å². The number of rotatable bonds is 11. The maximum atomic E-state index is 2.42. The SMILES string of the molecule is C1=C(c2ccccc2)CCC(N(c2ccc(-c3ccccc3)cc2)c2ccc(-c3ccc(N(c4ccc(-c5ccccc5)cc4)c4ccc(-c5ccccc5)cc4)cc3)cc2)=C1. The van der Waals surface area contributed by atoms with Gasteiger partial charge in [0.15, 0.2) is 0 Å². The predicted octanol–water partition coefficient (Wildman–Crippen LogP) is 16.7. The van der Waals surface area contributed by atoms with E-state index < -0.39 is 0 Å². The van der Waals surface area contributed by atoms with Crippen molar-refractivity contribution in [1.82, 2.24) is 0 Å². The average Bonchev–Trinajstić information content (AvgIpc) is 3.36. The Kier molecular flexibility index (Phi) is 10.9. The van der Waals surface area contributed by atoms with Gasteiger partial charge in [0.25, 0.3) is 0 Å². The number of hydrogen-bond donors (Lipinski definition) is 0. The van der Waals surface area contributed by atoms with Gasteiger partial charge in [-0.3, -0.25) is 0 Å². The average molecular weight is 795 g/mol. The first kappa shape index (κ1) is 38.3. The molecule has 1 aliphatic rings. The summed E-state index contributed by atoms with van der Waals surface area (Å²) in [5.74, 6) is 0. The molecular weight excluding hydrogens is 749 g/mol. The Hall–Kier alpha value is -7.94. The standard InChI is InChI=1S/C60H46N2/c1-5-13-45(14-6-1)49-21-33-55(34-22-49)61(56-35-23-50(24-36-56)46-15-7-2-8-16-46)59-41-29-53(30-42-59)54-31-43-60(44-32-54)62(57-37-25-51(26-38-57)47-17-9-3-10-18-47)58-39-27-52(28-40-58)48-19-11-4-12-20-48/h1-27,29-39,41-44H,28,40H2. The largest absolute Gasteiger partial charge is 0.314 e. The van der Waals surface area contributed by atoms with E-state index in [1.54, 1.807) is 0 Å². The highest BCUT2D eigenvalue weighted by atomic mass is 15.2. The monoisotopic (exact) mass is 794 g/mol. The van der Waals surface area contributed by atoms with Crippen LogP contribution in [0.1, 0.15) is 18.4 Å². The molecule has 0 spiro atoms.